The van der Waals surface area contributed by atoms with Gasteiger partial charge in [-0.25, -0.2) is 0 Å². The van der Waals surface area contributed by atoms with Gasteiger partial charge in [0.05, 0.1) is 0 Å². The van der Waals surface area contributed by atoms with Crippen LogP contribution in [0.4, 0.5) is 0 Å². The summed E-state index contributed by atoms with van der Waals surface area (Å²) in [5, 5.41) is 0. The van der Waals surface area contributed by atoms with Crippen molar-refractivity contribution < 1.29 is 0 Å². The van der Waals surface area contributed by atoms with Gasteiger partial charge in [-0.1, -0.05) is 38.0 Å². The number of fused-ring (bicyclic) bond motifs is 1. The maximum Gasteiger partial charge on any atom is 0.0107 e. The SMILES string of the molecule is CCCC(N)CCCC1CSc2ccccc21. The summed E-state index contributed by atoms with van der Waals surface area (Å²) in [7, 11) is 0. The van der Waals surface area contributed by atoms with Gasteiger partial charge < -0.3 is 5.73 Å². The molecule has 0 saturated carbocycles. The molecule has 17 heavy (non-hydrogen) atoms. The molecule has 2 atom stereocenters. The van der Waals surface area contributed by atoms with Crippen LogP contribution in [0.5, 0.6) is 0 Å². The molecule has 1 aliphatic heterocycles. The van der Waals surface area contributed by atoms with Crippen LogP contribution in [0.2, 0.25) is 0 Å². The van der Waals surface area contributed by atoms with Crippen LogP contribution in [0, 0.1) is 0 Å². The van der Waals surface area contributed by atoms with Crippen LogP contribution in [-0.2, 0) is 0 Å². The van der Waals surface area contributed by atoms with Crippen molar-refractivity contribution in [3.8, 4) is 0 Å². The summed E-state index contributed by atoms with van der Waals surface area (Å²) in [6.07, 6.45) is 6.17. The molecule has 0 fully saturated rings. The molecule has 0 bridgehead atoms. The summed E-state index contributed by atoms with van der Waals surface area (Å²) in [5.74, 6) is 2.03. The number of hydrogen-bond donors (Lipinski definition) is 1. The van der Waals surface area contributed by atoms with Gasteiger partial charge in [-0.15, -0.1) is 11.8 Å². The van der Waals surface area contributed by atoms with Gasteiger partial charge in [0.2, 0.25) is 0 Å². The van der Waals surface area contributed by atoms with E-state index in [4.69, 9.17) is 5.73 Å². The van der Waals surface area contributed by atoms with E-state index in [1.165, 1.54) is 42.8 Å². The van der Waals surface area contributed by atoms with Crippen LogP contribution < -0.4 is 5.73 Å². The highest BCUT2D eigenvalue weighted by atomic mass is 32.2. The average Bonchev–Trinajstić information content (AvgIpc) is 2.73. The predicted molar refractivity (Wildman–Crippen MR) is 76.6 cm³/mol. The lowest BCUT2D eigenvalue weighted by Crippen LogP contribution is -2.19. The molecule has 0 spiro atoms. The topological polar surface area (TPSA) is 26.0 Å². The fourth-order valence-corrected chi connectivity index (χ4v) is 3.91. The second kappa shape index (κ2) is 6.46. The van der Waals surface area contributed by atoms with Crippen LogP contribution >= 0.6 is 11.8 Å². The van der Waals surface area contributed by atoms with Crippen molar-refractivity contribution in [3.63, 3.8) is 0 Å². The standard InChI is InChI=1S/C15H23NS/c1-2-6-13(16)8-5-7-12-11-17-15-10-4-3-9-14(12)15/h3-4,9-10,12-13H,2,5-8,11,16H2,1H3. The molecule has 94 valence electrons. The molecule has 1 heterocycles. The first kappa shape index (κ1) is 13.0. The van der Waals surface area contributed by atoms with Gasteiger partial charge in [0.25, 0.3) is 0 Å². The second-order valence-electron chi connectivity index (χ2n) is 5.03. The number of thioether (sulfide) groups is 1. The van der Waals surface area contributed by atoms with Gasteiger partial charge in [0, 0.05) is 16.7 Å². The van der Waals surface area contributed by atoms with E-state index in [0.29, 0.717) is 6.04 Å². The van der Waals surface area contributed by atoms with Crippen molar-refractivity contribution in [2.24, 2.45) is 5.73 Å². The Hall–Kier alpha value is -0.470. The largest absolute Gasteiger partial charge is 0.328 e. The predicted octanol–water partition coefficient (Wildman–Crippen LogP) is 4.17. The Morgan fingerprint density at radius 1 is 1.35 bits per heavy atom. The highest BCUT2D eigenvalue weighted by molar-refractivity contribution is 7.99. The molecular weight excluding hydrogens is 226 g/mol. The van der Waals surface area contributed by atoms with E-state index in [0.717, 1.165) is 5.92 Å². The fourth-order valence-electron chi connectivity index (χ4n) is 2.61. The smallest absolute Gasteiger partial charge is 0.0107 e. The minimum Gasteiger partial charge on any atom is -0.328 e. The van der Waals surface area contributed by atoms with Crippen molar-refractivity contribution in [2.75, 3.05) is 5.75 Å². The van der Waals surface area contributed by atoms with Crippen molar-refractivity contribution in [3.05, 3.63) is 29.8 Å². The number of hydrogen-bond acceptors (Lipinski definition) is 2. The molecule has 2 unspecified atom stereocenters. The molecular formula is C15H23NS. The highest BCUT2D eigenvalue weighted by Crippen LogP contribution is 2.41. The molecule has 0 amide bonds. The Kier molecular flexibility index (Phi) is 4.93. The summed E-state index contributed by atoms with van der Waals surface area (Å²) in [6, 6.07) is 9.28. The monoisotopic (exact) mass is 249 g/mol. The minimum atomic E-state index is 0.421. The molecule has 1 aromatic rings. The van der Waals surface area contributed by atoms with Crippen LogP contribution in [0.15, 0.2) is 29.2 Å². The molecule has 0 aromatic heterocycles. The first-order valence-electron chi connectivity index (χ1n) is 6.78. The zero-order valence-electron chi connectivity index (χ0n) is 10.7. The van der Waals surface area contributed by atoms with Gasteiger partial charge in [0.1, 0.15) is 0 Å². The third kappa shape index (κ3) is 3.49. The van der Waals surface area contributed by atoms with Crippen LogP contribution in [0.25, 0.3) is 0 Å². The van der Waals surface area contributed by atoms with Gasteiger partial charge in [0.15, 0.2) is 0 Å². The molecule has 0 radical (unpaired) electrons. The molecule has 2 heteroatoms. The Morgan fingerprint density at radius 3 is 3.00 bits per heavy atom. The number of nitrogens with two attached hydrogens (primary N) is 1. The van der Waals surface area contributed by atoms with Crippen molar-refractivity contribution in [1.29, 1.82) is 0 Å². The van der Waals surface area contributed by atoms with Crippen molar-refractivity contribution in [2.45, 2.75) is 55.9 Å². The number of rotatable bonds is 6. The summed E-state index contributed by atoms with van der Waals surface area (Å²) in [5.41, 5.74) is 7.63. The lowest BCUT2D eigenvalue weighted by Gasteiger charge is -2.13. The van der Waals surface area contributed by atoms with Crippen molar-refractivity contribution >= 4 is 11.8 Å². The van der Waals surface area contributed by atoms with E-state index in [1.54, 1.807) is 5.56 Å². The molecule has 0 saturated heterocycles. The summed E-state index contributed by atoms with van der Waals surface area (Å²) < 4.78 is 0. The third-order valence-corrected chi connectivity index (χ3v) is 4.84. The maximum atomic E-state index is 6.06. The zero-order valence-corrected chi connectivity index (χ0v) is 11.5. The Labute approximate surface area is 109 Å². The summed E-state index contributed by atoms with van der Waals surface area (Å²) in [4.78, 5) is 1.50. The lowest BCUT2D eigenvalue weighted by atomic mass is 9.94. The molecule has 1 aromatic carbocycles. The maximum absolute atomic E-state index is 6.06. The molecule has 1 aliphatic rings. The highest BCUT2D eigenvalue weighted by Gasteiger charge is 2.22. The van der Waals surface area contributed by atoms with Gasteiger partial charge in [-0.05, 0) is 36.8 Å². The van der Waals surface area contributed by atoms with E-state index < -0.39 is 0 Å². The quantitative estimate of drug-likeness (QED) is 0.818. The average molecular weight is 249 g/mol. The summed E-state index contributed by atoms with van der Waals surface area (Å²) in [6.45, 7) is 2.21. The van der Waals surface area contributed by atoms with E-state index in [-0.39, 0.29) is 0 Å². The fraction of sp³-hybridized carbons (Fsp3) is 0.600. The second-order valence-corrected chi connectivity index (χ2v) is 6.09. The van der Waals surface area contributed by atoms with E-state index in [2.05, 4.69) is 31.2 Å². The Morgan fingerprint density at radius 2 is 2.18 bits per heavy atom. The van der Waals surface area contributed by atoms with Crippen LogP contribution in [0.1, 0.15) is 50.5 Å². The van der Waals surface area contributed by atoms with E-state index >= 15 is 0 Å². The minimum absolute atomic E-state index is 0.421. The van der Waals surface area contributed by atoms with Crippen molar-refractivity contribution in [1.82, 2.24) is 0 Å². The molecule has 0 aliphatic carbocycles. The molecule has 1 nitrogen and oxygen atoms in total. The summed E-state index contributed by atoms with van der Waals surface area (Å²) >= 11 is 2.01. The van der Waals surface area contributed by atoms with Gasteiger partial charge in [-0.3, -0.25) is 0 Å². The molecule has 2 rings (SSSR count). The van der Waals surface area contributed by atoms with Gasteiger partial charge >= 0.3 is 0 Å². The van der Waals surface area contributed by atoms with Gasteiger partial charge in [-0.2, -0.15) is 0 Å². The first-order chi connectivity index (χ1) is 8.31. The lowest BCUT2D eigenvalue weighted by molar-refractivity contribution is 0.509. The Bertz CT molecular complexity index is 351. The normalized spacial score (nSPS) is 20.2. The molecule has 2 N–H and O–H groups in total. The van der Waals surface area contributed by atoms with Crippen LogP contribution in [0.3, 0.4) is 0 Å². The Balaban J connectivity index is 1.78. The van der Waals surface area contributed by atoms with Crippen LogP contribution in [-0.4, -0.2) is 11.8 Å². The van der Waals surface area contributed by atoms with E-state index in [1.807, 2.05) is 11.8 Å². The number of benzene rings is 1. The first-order valence-corrected chi connectivity index (χ1v) is 7.77. The van der Waals surface area contributed by atoms with E-state index in [9.17, 15) is 0 Å². The zero-order chi connectivity index (χ0) is 12.1. The third-order valence-electron chi connectivity index (χ3n) is 3.59.